The zero-order chi connectivity index (χ0) is 16.1. The number of amides is 2. The number of methoxy groups -OCH3 is 1. The SMILES string of the molecule is COc1ncccc1C(=O)NC[C@@H]1C[C@H](F)CN1CC(N)=O. The first-order valence-corrected chi connectivity index (χ1v) is 6.95. The molecule has 1 aliphatic rings. The Balaban J connectivity index is 1.96. The second-order valence-corrected chi connectivity index (χ2v) is 5.15. The maximum absolute atomic E-state index is 13.5. The van der Waals surface area contributed by atoms with Gasteiger partial charge in [0.05, 0.1) is 13.7 Å². The second kappa shape index (κ2) is 7.17. The number of alkyl halides is 1. The average Bonchev–Trinajstić information content (AvgIpc) is 2.83. The molecule has 0 saturated carbocycles. The van der Waals surface area contributed by atoms with Gasteiger partial charge in [-0.3, -0.25) is 14.5 Å². The molecule has 3 N–H and O–H groups in total. The molecule has 1 aromatic heterocycles. The van der Waals surface area contributed by atoms with Crippen molar-refractivity contribution < 1.29 is 18.7 Å². The van der Waals surface area contributed by atoms with E-state index in [4.69, 9.17) is 10.5 Å². The van der Waals surface area contributed by atoms with E-state index in [0.717, 1.165) is 0 Å². The first kappa shape index (κ1) is 16.2. The van der Waals surface area contributed by atoms with E-state index in [2.05, 4.69) is 10.3 Å². The number of halogens is 1. The van der Waals surface area contributed by atoms with E-state index >= 15 is 0 Å². The number of nitrogens with two attached hydrogens (primary N) is 1. The van der Waals surface area contributed by atoms with Crippen LogP contribution >= 0.6 is 0 Å². The van der Waals surface area contributed by atoms with E-state index < -0.39 is 12.1 Å². The molecule has 2 atom stereocenters. The van der Waals surface area contributed by atoms with Gasteiger partial charge in [-0.05, 0) is 18.6 Å². The summed E-state index contributed by atoms with van der Waals surface area (Å²) in [6.07, 6.45) is 0.765. The third-order valence-electron chi connectivity index (χ3n) is 3.54. The van der Waals surface area contributed by atoms with Crippen molar-refractivity contribution in [3.05, 3.63) is 23.9 Å². The smallest absolute Gasteiger partial charge is 0.256 e. The van der Waals surface area contributed by atoms with Crippen molar-refractivity contribution in [1.29, 1.82) is 0 Å². The number of aromatic nitrogens is 1. The molecule has 1 saturated heterocycles. The molecule has 2 rings (SSSR count). The second-order valence-electron chi connectivity index (χ2n) is 5.15. The number of likely N-dealkylation sites (tertiary alicyclic amines) is 1. The zero-order valence-corrected chi connectivity index (χ0v) is 12.3. The van der Waals surface area contributed by atoms with Gasteiger partial charge in [0.2, 0.25) is 11.8 Å². The predicted molar refractivity (Wildman–Crippen MR) is 77.2 cm³/mol. The molecule has 0 radical (unpaired) electrons. The van der Waals surface area contributed by atoms with Crippen LogP contribution in [0.25, 0.3) is 0 Å². The third kappa shape index (κ3) is 3.91. The number of hydrogen-bond donors (Lipinski definition) is 2. The first-order chi connectivity index (χ1) is 10.5. The van der Waals surface area contributed by atoms with Crippen molar-refractivity contribution in [2.75, 3.05) is 26.7 Å². The lowest BCUT2D eigenvalue weighted by Gasteiger charge is -2.22. The highest BCUT2D eigenvalue weighted by molar-refractivity contribution is 5.96. The fourth-order valence-corrected chi connectivity index (χ4v) is 2.56. The Labute approximate surface area is 127 Å². The van der Waals surface area contributed by atoms with Gasteiger partial charge >= 0.3 is 0 Å². The average molecular weight is 310 g/mol. The number of ether oxygens (including phenoxy) is 1. The molecule has 1 fully saturated rings. The molecule has 0 bridgehead atoms. The van der Waals surface area contributed by atoms with Crippen molar-refractivity contribution in [2.45, 2.75) is 18.6 Å². The number of nitrogens with zero attached hydrogens (tertiary/aromatic N) is 2. The lowest BCUT2D eigenvalue weighted by Crippen LogP contribution is -2.43. The van der Waals surface area contributed by atoms with Gasteiger partial charge in [0.25, 0.3) is 5.91 Å². The fraction of sp³-hybridized carbons (Fsp3) is 0.500. The van der Waals surface area contributed by atoms with E-state index in [-0.39, 0.29) is 43.9 Å². The van der Waals surface area contributed by atoms with Crippen LogP contribution < -0.4 is 15.8 Å². The largest absolute Gasteiger partial charge is 0.480 e. The summed E-state index contributed by atoms with van der Waals surface area (Å²) in [6.45, 7) is 0.363. The van der Waals surface area contributed by atoms with Gasteiger partial charge in [-0.15, -0.1) is 0 Å². The van der Waals surface area contributed by atoms with Crippen LogP contribution in [0.5, 0.6) is 5.88 Å². The highest BCUT2D eigenvalue weighted by Gasteiger charge is 2.33. The lowest BCUT2D eigenvalue weighted by atomic mass is 10.2. The molecule has 7 nitrogen and oxygen atoms in total. The van der Waals surface area contributed by atoms with Crippen LogP contribution in [-0.2, 0) is 4.79 Å². The van der Waals surface area contributed by atoms with Crippen LogP contribution in [0.15, 0.2) is 18.3 Å². The maximum atomic E-state index is 13.5. The normalized spacial score (nSPS) is 21.5. The van der Waals surface area contributed by atoms with Gasteiger partial charge in [-0.1, -0.05) is 0 Å². The molecule has 22 heavy (non-hydrogen) atoms. The summed E-state index contributed by atoms with van der Waals surface area (Å²) in [4.78, 5) is 28.7. The summed E-state index contributed by atoms with van der Waals surface area (Å²) in [5.41, 5.74) is 5.46. The van der Waals surface area contributed by atoms with Gasteiger partial charge in [0, 0.05) is 25.3 Å². The minimum absolute atomic E-state index is 0.0167. The predicted octanol–water partition coefficient (Wildman–Crippen LogP) is -0.282. The Morgan fingerprint density at radius 1 is 1.59 bits per heavy atom. The number of nitrogens with one attached hydrogen (secondary N) is 1. The molecular weight excluding hydrogens is 291 g/mol. The van der Waals surface area contributed by atoms with Gasteiger partial charge in [-0.2, -0.15) is 0 Å². The number of carbonyl (C=O) groups is 2. The Morgan fingerprint density at radius 3 is 3.05 bits per heavy atom. The van der Waals surface area contributed by atoms with Gasteiger partial charge in [0.15, 0.2) is 0 Å². The Bertz CT molecular complexity index is 555. The monoisotopic (exact) mass is 310 g/mol. The van der Waals surface area contributed by atoms with Crippen molar-refractivity contribution in [1.82, 2.24) is 15.2 Å². The Kier molecular flexibility index (Phi) is 5.26. The summed E-state index contributed by atoms with van der Waals surface area (Å²) >= 11 is 0. The van der Waals surface area contributed by atoms with Crippen LogP contribution in [0.1, 0.15) is 16.8 Å². The summed E-state index contributed by atoms with van der Waals surface area (Å²) in [5.74, 6) is -0.644. The minimum Gasteiger partial charge on any atom is -0.480 e. The van der Waals surface area contributed by atoms with E-state index in [0.29, 0.717) is 5.56 Å². The summed E-state index contributed by atoms with van der Waals surface area (Å²) in [6, 6.07) is 2.97. The molecule has 0 aliphatic carbocycles. The molecule has 1 aromatic rings. The molecular formula is C14H19FN4O3. The van der Waals surface area contributed by atoms with E-state index in [1.54, 1.807) is 17.0 Å². The fourth-order valence-electron chi connectivity index (χ4n) is 2.56. The zero-order valence-electron chi connectivity index (χ0n) is 12.3. The molecule has 120 valence electrons. The van der Waals surface area contributed by atoms with Gasteiger partial charge < -0.3 is 15.8 Å². The quantitative estimate of drug-likeness (QED) is 0.753. The summed E-state index contributed by atoms with van der Waals surface area (Å²) in [5, 5.41) is 2.72. The lowest BCUT2D eigenvalue weighted by molar-refractivity contribution is -0.119. The van der Waals surface area contributed by atoms with Gasteiger partial charge in [0.1, 0.15) is 11.7 Å². The number of rotatable bonds is 6. The molecule has 2 heterocycles. The summed E-state index contributed by atoms with van der Waals surface area (Å²) < 4.78 is 18.5. The van der Waals surface area contributed by atoms with Crippen molar-refractivity contribution in [2.24, 2.45) is 5.73 Å². The van der Waals surface area contributed by atoms with Crippen molar-refractivity contribution in [3.8, 4) is 5.88 Å². The third-order valence-corrected chi connectivity index (χ3v) is 3.54. The Hall–Kier alpha value is -2.22. The number of primary amides is 1. The van der Waals surface area contributed by atoms with Crippen LogP contribution in [0, 0.1) is 0 Å². The van der Waals surface area contributed by atoms with E-state index in [1.165, 1.54) is 13.3 Å². The number of pyridine rings is 1. The molecule has 8 heteroatoms. The standard InChI is InChI=1S/C14H19FN4O3/c1-22-14-11(3-2-4-17-14)13(21)18-6-10-5-9(15)7-19(10)8-12(16)20/h2-4,9-10H,5-8H2,1H3,(H2,16,20)(H,18,21)/t9-,10-/m0/s1. The topological polar surface area (TPSA) is 97.6 Å². The first-order valence-electron chi connectivity index (χ1n) is 6.95. The Morgan fingerprint density at radius 2 is 2.36 bits per heavy atom. The summed E-state index contributed by atoms with van der Waals surface area (Å²) in [7, 11) is 1.43. The van der Waals surface area contributed by atoms with Crippen LogP contribution in [0.3, 0.4) is 0 Å². The number of hydrogen-bond acceptors (Lipinski definition) is 5. The highest BCUT2D eigenvalue weighted by atomic mass is 19.1. The molecule has 0 aromatic carbocycles. The van der Waals surface area contributed by atoms with Gasteiger partial charge in [-0.25, -0.2) is 9.37 Å². The van der Waals surface area contributed by atoms with E-state index in [1.807, 2.05) is 0 Å². The molecule has 2 amide bonds. The molecule has 1 aliphatic heterocycles. The van der Waals surface area contributed by atoms with Crippen molar-refractivity contribution >= 4 is 11.8 Å². The number of carbonyl (C=O) groups excluding carboxylic acids is 2. The van der Waals surface area contributed by atoms with E-state index in [9.17, 15) is 14.0 Å². The van der Waals surface area contributed by atoms with Crippen molar-refractivity contribution in [3.63, 3.8) is 0 Å². The minimum atomic E-state index is -1.02. The molecule has 0 spiro atoms. The highest BCUT2D eigenvalue weighted by Crippen LogP contribution is 2.20. The molecule has 0 unspecified atom stereocenters. The van der Waals surface area contributed by atoms with Crippen LogP contribution in [0.2, 0.25) is 0 Å². The van der Waals surface area contributed by atoms with Crippen LogP contribution in [-0.4, -0.2) is 60.7 Å². The van der Waals surface area contributed by atoms with Crippen LogP contribution in [0.4, 0.5) is 4.39 Å². The maximum Gasteiger partial charge on any atom is 0.256 e.